The normalized spacial score (nSPS) is 10.3. The number of aryl methyl sites for hydroxylation is 2. The van der Waals surface area contributed by atoms with E-state index in [9.17, 15) is 14.4 Å². The Morgan fingerprint density at radius 2 is 1.44 bits per heavy atom. The molecule has 0 unspecified atom stereocenters. The summed E-state index contributed by atoms with van der Waals surface area (Å²) < 4.78 is 4.75. The zero-order valence-electron chi connectivity index (χ0n) is 15.8. The molecule has 142 valence electrons. The van der Waals surface area contributed by atoms with E-state index in [1.54, 1.807) is 24.3 Å². The van der Waals surface area contributed by atoms with Crippen LogP contribution in [0, 0.1) is 13.8 Å². The lowest BCUT2D eigenvalue weighted by Gasteiger charge is -2.09. The lowest BCUT2D eigenvalue weighted by molar-refractivity contribution is -0.119. The molecule has 0 aromatic heterocycles. The Morgan fingerprint density at radius 3 is 2.04 bits per heavy atom. The van der Waals surface area contributed by atoms with Crippen LogP contribution in [-0.4, -0.2) is 31.3 Å². The van der Waals surface area contributed by atoms with E-state index in [1.165, 1.54) is 7.11 Å². The average molecular weight is 368 g/mol. The fraction of sp³-hybridized carbons (Fsp3) is 0.286. The van der Waals surface area contributed by atoms with Gasteiger partial charge < -0.3 is 15.4 Å². The number of rotatable bonds is 8. The summed E-state index contributed by atoms with van der Waals surface area (Å²) in [6.07, 6.45) is 0.264. The molecule has 0 heterocycles. The van der Waals surface area contributed by atoms with Gasteiger partial charge in [0.1, 0.15) is 6.61 Å². The van der Waals surface area contributed by atoms with E-state index < -0.39 is 0 Å². The van der Waals surface area contributed by atoms with Crippen molar-refractivity contribution in [1.29, 1.82) is 0 Å². The van der Waals surface area contributed by atoms with Crippen LogP contribution in [0.15, 0.2) is 42.5 Å². The molecule has 0 radical (unpaired) electrons. The molecule has 0 aliphatic heterocycles. The minimum Gasteiger partial charge on any atom is -0.375 e. The molecule has 0 saturated heterocycles. The molecule has 0 aliphatic carbocycles. The van der Waals surface area contributed by atoms with Gasteiger partial charge in [0.25, 0.3) is 0 Å². The number of benzene rings is 2. The zero-order chi connectivity index (χ0) is 19.8. The van der Waals surface area contributed by atoms with E-state index in [1.807, 2.05) is 32.0 Å². The number of Topliss-reactive ketones (excluding diaryl/α,β-unsaturated/α-hetero) is 1. The number of ketones is 1. The second-order valence-corrected chi connectivity index (χ2v) is 6.35. The van der Waals surface area contributed by atoms with Crippen LogP contribution in [0.4, 0.5) is 11.4 Å². The maximum Gasteiger partial charge on any atom is 0.250 e. The van der Waals surface area contributed by atoms with Gasteiger partial charge in [-0.05, 0) is 49.7 Å². The van der Waals surface area contributed by atoms with Gasteiger partial charge in [-0.1, -0.05) is 17.7 Å². The van der Waals surface area contributed by atoms with Crippen molar-refractivity contribution in [2.45, 2.75) is 26.7 Å². The highest BCUT2D eigenvalue weighted by Gasteiger charge is 2.12. The summed E-state index contributed by atoms with van der Waals surface area (Å²) >= 11 is 0. The van der Waals surface area contributed by atoms with Crippen LogP contribution < -0.4 is 10.6 Å². The van der Waals surface area contributed by atoms with Crippen molar-refractivity contribution in [3.8, 4) is 0 Å². The number of anilines is 2. The summed E-state index contributed by atoms with van der Waals surface area (Å²) in [4.78, 5) is 35.9. The van der Waals surface area contributed by atoms with Crippen molar-refractivity contribution in [3.63, 3.8) is 0 Å². The maximum atomic E-state index is 12.3. The van der Waals surface area contributed by atoms with E-state index in [-0.39, 0.29) is 37.0 Å². The number of hydrogen-bond acceptors (Lipinski definition) is 4. The predicted molar refractivity (Wildman–Crippen MR) is 105 cm³/mol. The highest BCUT2D eigenvalue weighted by molar-refractivity contribution is 6.01. The topological polar surface area (TPSA) is 84.5 Å². The van der Waals surface area contributed by atoms with Crippen molar-refractivity contribution >= 4 is 29.0 Å². The molecule has 0 saturated carbocycles. The number of carbonyl (C=O) groups excluding carboxylic acids is 3. The van der Waals surface area contributed by atoms with Gasteiger partial charge >= 0.3 is 0 Å². The van der Waals surface area contributed by atoms with E-state index in [4.69, 9.17) is 4.74 Å². The second-order valence-electron chi connectivity index (χ2n) is 6.35. The molecule has 2 rings (SSSR count). The first-order valence-corrected chi connectivity index (χ1v) is 8.68. The lowest BCUT2D eigenvalue weighted by Crippen LogP contribution is -2.17. The van der Waals surface area contributed by atoms with Crippen molar-refractivity contribution < 1.29 is 19.1 Å². The maximum absolute atomic E-state index is 12.3. The standard InChI is InChI=1S/C21H24N2O4/c1-14-4-5-15(2)18(12-14)19(24)10-11-20(25)22-16-6-8-17(9-7-16)23-21(26)13-27-3/h4-9,12H,10-11,13H2,1-3H3,(H,22,25)(H,23,26). The minimum atomic E-state index is -0.251. The van der Waals surface area contributed by atoms with Crippen molar-refractivity contribution in [1.82, 2.24) is 0 Å². The Balaban J connectivity index is 1.85. The first-order chi connectivity index (χ1) is 12.9. The highest BCUT2D eigenvalue weighted by Crippen LogP contribution is 2.16. The highest BCUT2D eigenvalue weighted by atomic mass is 16.5. The molecular weight excluding hydrogens is 344 g/mol. The third-order valence-electron chi connectivity index (χ3n) is 4.00. The number of nitrogens with one attached hydrogen (secondary N) is 2. The molecule has 0 spiro atoms. The Bertz CT molecular complexity index is 829. The predicted octanol–water partition coefficient (Wildman–Crippen LogP) is 3.49. The van der Waals surface area contributed by atoms with Gasteiger partial charge in [0, 0.05) is 36.9 Å². The van der Waals surface area contributed by atoms with Crippen molar-refractivity contribution in [2.24, 2.45) is 0 Å². The van der Waals surface area contributed by atoms with Crippen molar-refractivity contribution in [2.75, 3.05) is 24.4 Å². The average Bonchev–Trinajstić information content (AvgIpc) is 2.63. The summed E-state index contributed by atoms with van der Waals surface area (Å²) in [6, 6.07) is 12.5. The van der Waals surface area contributed by atoms with Crippen LogP contribution in [0.3, 0.4) is 0 Å². The number of carbonyl (C=O) groups is 3. The Kier molecular flexibility index (Phi) is 7.25. The van der Waals surface area contributed by atoms with Crippen LogP contribution in [0.25, 0.3) is 0 Å². The van der Waals surface area contributed by atoms with Crippen LogP contribution in [0.5, 0.6) is 0 Å². The Hall–Kier alpha value is -2.99. The molecule has 0 fully saturated rings. The fourth-order valence-electron chi connectivity index (χ4n) is 2.59. The molecular formula is C21H24N2O4. The Morgan fingerprint density at radius 1 is 0.852 bits per heavy atom. The molecule has 0 aliphatic rings. The van der Waals surface area contributed by atoms with Crippen LogP contribution in [-0.2, 0) is 14.3 Å². The monoisotopic (exact) mass is 368 g/mol. The molecule has 0 bridgehead atoms. The molecule has 2 aromatic carbocycles. The minimum absolute atomic E-state index is 0.0209. The van der Waals surface area contributed by atoms with Gasteiger partial charge in [0.2, 0.25) is 11.8 Å². The van der Waals surface area contributed by atoms with Crippen molar-refractivity contribution in [3.05, 3.63) is 59.2 Å². The van der Waals surface area contributed by atoms with Gasteiger partial charge in [-0.2, -0.15) is 0 Å². The SMILES string of the molecule is COCC(=O)Nc1ccc(NC(=O)CCC(=O)c2cc(C)ccc2C)cc1. The largest absolute Gasteiger partial charge is 0.375 e. The first kappa shape index (κ1) is 20.3. The molecule has 6 heteroatoms. The number of hydrogen-bond donors (Lipinski definition) is 2. The summed E-state index contributed by atoms with van der Waals surface area (Å²) in [7, 11) is 1.45. The van der Waals surface area contributed by atoms with Crippen LogP contribution >= 0.6 is 0 Å². The fourth-order valence-corrected chi connectivity index (χ4v) is 2.59. The molecule has 6 nitrogen and oxygen atoms in total. The van der Waals surface area contributed by atoms with Gasteiger partial charge in [-0.25, -0.2) is 0 Å². The number of methoxy groups -OCH3 is 1. The molecule has 27 heavy (non-hydrogen) atoms. The van der Waals surface area contributed by atoms with E-state index in [0.29, 0.717) is 16.9 Å². The van der Waals surface area contributed by atoms with Gasteiger partial charge in [-0.15, -0.1) is 0 Å². The summed E-state index contributed by atoms with van der Waals surface area (Å²) in [6.45, 7) is 3.80. The Labute approximate surface area is 158 Å². The molecule has 2 amide bonds. The van der Waals surface area contributed by atoms with E-state index >= 15 is 0 Å². The summed E-state index contributed by atoms with van der Waals surface area (Å²) in [5.41, 5.74) is 3.81. The van der Waals surface area contributed by atoms with E-state index in [2.05, 4.69) is 10.6 Å². The summed E-state index contributed by atoms with van der Waals surface area (Å²) in [5, 5.41) is 5.42. The molecule has 2 aromatic rings. The number of amides is 2. The van der Waals surface area contributed by atoms with Gasteiger partial charge in [0.15, 0.2) is 5.78 Å². The molecule has 2 N–H and O–H groups in total. The number of ether oxygens (including phenoxy) is 1. The van der Waals surface area contributed by atoms with E-state index in [0.717, 1.165) is 11.1 Å². The third kappa shape index (κ3) is 6.34. The zero-order valence-corrected chi connectivity index (χ0v) is 15.8. The quantitative estimate of drug-likeness (QED) is 0.699. The molecule has 0 atom stereocenters. The first-order valence-electron chi connectivity index (χ1n) is 8.68. The van der Waals surface area contributed by atoms with Crippen LogP contribution in [0.1, 0.15) is 34.3 Å². The van der Waals surface area contributed by atoms with Crippen LogP contribution in [0.2, 0.25) is 0 Å². The van der Waals surface area contributed by atoms with Gasteiger partial charge in [0.05, 0.1) is 0 Å². The smallest absolute Gasteiger partial charge is 0.250 e. The van der Waals surface area contributed by atoms with Gasteiger partial charge in [-0.3, -0.25) is 14.4 Å². The lowest BCUT2D eigenvalue weighted by atomic mass is 9.99. The summed E-state index contributed by atoms with van der Waals surface area (Å²) in [5.74, 6) is -0.522. The second kappa shape index (κ2) is 9.64. The third-order valence-corrected chi connectivity index (χ3v) is 4.00.